The second-order valence-electron chi connectivity index (χ2n) is 4.95. The number of nitrogens with zero attached hydrogens (tertiary/aromatic N) is 2. The van der Waals surface area contributed by atoms with Gasteiger partial charge in [-0.15, -0.1) is 0 Å². The molecule has 0 saturated carbocycles. The summed E-state index contributed by atoms with van der Waals surface area (Å²) in [6.07, 6.45) is 0. The second-order valence-corrected chi connectivity index (χ2v) is 4.95. The molecule has 1 aliphatic rings. The molecule has 0 fully saturated rings. The number of ketones is 1. The number of carbonyl (C=O) groups excluding carboxylic acids is 2. The lowest BCUT2D eigenvalue weighted by molar-refractivity contribution is -0.129. The van der Waals surface area contributed by atoms with E-state index in [0.29, 0.717) is 17.1 Å². The topological polar surface area (TPSA) is 59.1 Å². The van der Waals surface area contributed by atoms with E-state index in [4.69, 9.17) is 9.47 Å². The number of hydrogen-bond donors (Lipinski definition) is 0. The molecular weight excluding hydrogens is 260 g/mol. The second kappa shape index (κ2) is 5.92. The normalized spacial score (nSPS) is 12.6. The van der Waals surface area contributed by atoms with Gasteiger partial charge in [-0.1, -0.05) is 0 Å². The van der Waals surface area contributed by atoms with Crippen molar-refractivity contribution in [1.82, 2.24) is 9.80 Å². The number of rotatable bonds is 5. The SMILES string of the molecule is CN(CC(=O)c1ccc2c(c1)OCO2)CC(=O)N(C)C. The first-order valence-corrected chi connectivity index (χ1v) is 6.29. The number of carbonyl (C=O) groups is 2. The minimum absolute atomic E-state index is 0.0361. The molecule has 6 heteroatoms. The molecule has 0 N–H and O–H groups in total. The molecule has 1 aliphatic heterocycles. The van der Waals surface area contributed by atoms with Gasteiger partial charge in [-0.05, 0) is 25.2 Å². The van der Waals surface area contributed by atoms with E-state index in [1.165, 1.54) is 4.90 Å². The fourth-order valence-electron chi connectivity index (χ4n) is 1.83. The van der Waals surface area contributed by atoms with Crippen molar-refractivity contribution in [3.8, 4) is 11.5 Å². The van der Waals surface area contributed by atoms with Crippen LogP contribution in [0.5, 0.6) is 11.5 Å². The number of likely N-dealkylation sites (N-methyl/N-ethyl adjacent to an activating group) is 2. The molecule has 108 valence electrons. The molecule has 0 spiro atoms. The molecule has 1 amide bonds. The summed E-state index contributed by atoms with van der Waals surface area (Å²) in [6.45, 7) is 0.576. The van der Waals surface area contributed by atoms with Crippen LogP contribution in [0.4, 0.5) is 0 Å². The lowest BCUT2D eigenvalue weighted by Gasteiger charge is -2.18. The van der Waals surface area contributed by atoms with Crippen molar-refractivity contribution in [1.29, 1.82) is 0 Å². The first kappa shape index (κ1) is 14.3. The van der Waals surface area contributed by atoms with Gasteiger partial charge in [-0.3, -0.25) is 14.5 Å². The van der Waals surface area contributed by atoms with Crippen LogP contribution in [0.3, 0.4) is 0 Å². The standard InChI is InChI=1S/C14H18N2O4/c1-15(2)14(18)8-16(3)7-11(17)10-4-5-12-13(6-10)20-9-19-12/h4-6H,7-9H2,1-3H3. The number of benzene rings is 1. The monoisotopic (exact) mass is 278 g/mol. The molecule has 1 heterocycles. The Morgan fingerprint density at radius 1 is 1.10 bits per heavy atom. The van der Waals surface area contributed by atoms with Crippen molar-refractivity contribution in [3.63, 3.8) is 0 Å². The third-order valence-corrected chi connectivity index (χ3v) is 3.01. The number of ether oxygens (including phenoxy) is 2. The van der Waals surface area contributed by atoms with Crippen LogP contribution in [0.15, 0.2) is 18.2 Å². The maximum Gasteiger partial charge on any atom is 0.236 e. The Morgan fingerprint density at radius 3 is 2.50 bits per heavy atom. The number of amides is 1. The summed E-state index contributed by atoms with van der Waals surface area (Å²) in [5.74, 6) is 1.14. The quantitative estimate of drug-likeness (QED) is 0.739. The zero-order valence-electron chi connectivity index (χ0n) is 11.9. The number of Topliss-reactive ketones (excluding diaryl/α,β-unsaturated/α-hetero) is 1. The van der Waals surface area contributed by atoms with Crippen molar-refractivity contribution in [3.05, 3.63) is 23.8 Å². The summed E-state index contributed by atoms with van der Waals surface area (Å²) in [4.78, 5) is 26.9. The Hall–Kier alpha value is -2.08. The zero-order chi connectivity index (χ0) is 14.7. The van der Waals surface area contributed by atoms with E-state index in [1.54, 1.807) is 44.2 Å². The van der Waals surface area contributed by atoms with E-state index in [-0.39, 0.29) is 31.6 Å². The number of hydrogen-bond acceptors (Lipinski definition) is 5. The van der Waals surface area contributed by atoms with E-state index in [9.17, 15) is 9.59 Å². The molecule has 20 heavy (non-hydrogen) atoms. The molecule has 1 aromatic carbocycles. The molecule has 0 bridgehead atoms. The van der Waals surface area contributed by atoms with Crippen LogP contribution in [0.25, 0.3) is 0 Å². The van der Waals surface area contributed by atoms with Crippen LogP contribution in [0, 0.1) is 0 Å². The highest BCUT2D eigenvalue weighted by Crippen LogP contribution is 2.32. The Kier molecular flexibility index (Phi) is 4.24. The maximum absolute atomic E-state index is 12.1. The smallest absolute Gasteiger partial charge is 0.236 e. The third kappa shape index (κ3) is 3.27. The first-order valence-electron chi connectivity index (χ1n) is 6.29. The van der Waals surface area contributed by atoms with Gasteiger partial charge < -0.3 is 14.4 Å². The van der Waals surface area contributed by atoms with E-state index in [2.05, 4.69) is 0 Å². The van der Waals surface area contributed by atoms with Gasteiger partial charge in [-0.25, -0.2) is 0 Å². The van der Waals surface area contributed by atoms with Gasteiger partial charge in [0.15, 0.2) is 17.3 Å². The molecule has 0 unspecified atom stereocenters. The predicted octanol–water partition coefficient (Wildman–Crippen LogP) is 0.618. The highest BCUT2D eigenvalue weighted by molar-refractivity contribution is 5.98. The van der Waals surface area contributed by atoms with Crippen LogP contribution in [0.1, 0.15) is 10.4 Å². The lowest BCUT2D eigenvalue weighted by atomic mass is 10.1. The minimum atomic E-state index is -0.0580. The van der Waals surface area contributed by atoms with Gasteiger partial charge in [0.2, 0.25) is 12.7 Å². The molecule has 0 atom stereocenters. The van der Waals surface area contributed by atoms with E-state index in [0.717, 1.165) is 0 Å². The summed E-state index contributed by atoms with van der Waals surface area (Å²) >= 11 is 0. The van der Waals surface area contributed by atoms with E-state index in [1.807, 2.05) is 0 Å². The van der Waals surface area contributed by atoms with Crippen LogP contribution >= 0.6 is 0 Å². The summed E-state index contributed by atoms with van der Waals surface area (Å²) in [7, 11) is 5.12. The van der Waals surface area contributed by atoms with Crippen LogP contribution in [-0.4, -0.2) is 62.5 Å². The van der Waals surface area contributed by atoms with Crippen LogP contribution in [-0.2, 0) is 4.79 Å². The first-order chi connectivity index (χ1) is 9.47. The largest absolute Gasteiger partial charge is 0.454 e. The molecule has 0 aromatic heterocycles. The average Bonchev–Trinajstić information content (AvgIpc) is 2.85. The summed E-state index contributed by atoms with van der Waals surface area (Å²) in [6, 6.07) is 5.10. The fourth-order valence-corrected chi connectivity index (χ4v) is 1.83. The molecule has 0 radical (unpaired) electrons. The third-order valence-electron chi connectivity index (χ3n) is 3.01. The van der Waals surface area contributed by atoms with Crippen molar-refractivity contribution in [2.24, 2.45) is 0 Å². The Balaban J connectivity index is 1.96. The molecule has 0 aliphatic carbocycles. The van der Waals surface area contributed by atoms with E-state index < -0.39 is 0 Å². The zero-order valence-corrected chi connectivity index (χ0v) is 11.9. The summed E-state index contributed by atoms with van der Waals surface area (Å²) in [5.41, 5.74) is 0.554. The Bertz CT molecular complexity index is 528. The lowest BCUT2D eigenvalue weighted by Crippen LogP contribution is -2.36. The Labute approximate surface area is 117 Å². The van der Waals surface area contributed by atoms with Gasteiger partial charge in [-0.2, -0.15) is 0 Å². The molecular formula is C14H18N2O4. The predicted molar refractivity (Wildman–Crippen MR) is 73.1 cm³/mol. The van der Waals surface area contributed by atoms with Gasteiger partial charge >= 0.3 is 0 Å². The van der Waals surface area contributed by atoms with E-state index >= 15 is 0 Å². The Morgan fingerprint density at radius 2 is 1.80 bits per heavy atom. The average molecular weight is 278 g/mol. The molecule has 1 aromatic rings. The van der Waals surface area contributed by atoms with Crippen molar-refractivity contribution >= 4 is 11.7 Å². The van der Waals surface area contributed by atoms with Gasteiger partial charge in [0.05, 0.1) is 13.1 Å². The van der Waals surface area contributed by atoms with Crippen molar-refractivity contribution in [2.45, 2.75) is 0 Å². The van der Waals surface area contributed by atoms with Gasteiger partial charge in [0.1, 0.15) is 0 Å². The molecule has 2 rings (SSSR count). The summed E-state index contributed by atoms with van der Waals surface area (Å²) in [5, 5.41) is 0. The number of fused-ring (bicyclic) bond motifs is 1. The maximum atomic E-state index is 12.1. The fraction of sp³-hybridized carbons (Fsp3) is 0.429. The minimum Gasteiger partial charge on any atom is -0.454 e. The van der Waals surface area contributed by atoms with Gasteiger partial charge in [0, 0.05) is 19.7 Å². The van der Waals surface area contributed by atoms with Crippen LogP contribution in [0.2, 0.25) is 0 Å². The highest BCUT2D eigenvalue weighted by atomic mass is 16.7. The van der Waals surface area contributed by atoms with Crippen molar-refractivity contribution < 1.29 is 19.1 Å². The van der Waals surface area contributed by atoms with Crippen molar-refractivity contribution in [2.75, 3.05) is 41.0 Å². The molecule has 6 nitrogen and oxygen atoms in total. The molecule has 0 saturated heterocycles. The van der Waals surface area contributed by atoms with Crippen LogP contribution < -0.4 is 9.47 Å². The van der Waals surface area contributed by atoms with Gasteiger partial charge in [0.25, 0.3) is 0 Å². The summed E-state index contributed by atoms with van der Waals surface area (Å²) < 4.78 is 10.4. The highest BCUT2D eigenvalue weighted by Gasteiger charge is 2.18.